The minimum Gasteiger partial charge on any atom is -0.391 e. The first-order valence-corrected chi connectivity index (χ1v) is 9.94. The molecule has 1 saturated heterocycles. The van der Waals surface area contributed by atoms with E-state index in [1.54, 1.807) is 16.2 Å². The van der Waals surface area contributed by atoms with Crippen LogP contribution in [0, 0.1) is 0 Å². The number of hydrogen-bond acceptors (Lipinski definition) is 6. The highest BCUT2D eigenvalue weighted by Crippen LogP contribution is 2.27. The summed E-state index contributed by atoms with van der Waals surface area (Å²) >= 11 is 1.70. The molecule has 9 heteroatoms. The van der Waals surface area contributed by atoms with Gasteiger partial charge in [-0.25, -0.2) is 10.3 Å². The molecule has 0 radical (unpaired) electrons. The lowest BCUT2D eigenvalue weighted by molar-refractivity contribution is -0.133. The molecule has 0 spiro atoms. The fraction of sp³-hybridized carbons (Fsp3) is 0.368. The molecule has 28 heavy (non-hydrogen) atoms. The van der Waals surface area contributed by atoms with Gasteiger partial charge in [-0.05, 0) is 36.1 Å². The summed E-state index contributed by atoms with van der Waals surface area (Å²) in [4.78, 5) is 29.0. The monoisotopic (exact) mass is 404 g/mol. The van der Waals surface area contributed by atoms with Crippen molar-refractivity contribution in [3.63, 3.8) is 0 Å². The summed E-state index contributed by atoms with van der Waals surface area (Å²) in [6.07, 6.45) is -1.13. The molecule has 0 aliphatic carbocycles. The van der Waals surface area contributed by atoms with Crippen LogP contribution in [0.2, 0.25) is 0 Å². The van der Waals surface area contributed by atoms with Crippen molar-refractivity contribution in [3.8, 4) is 10.4 Å². The van der Waals surface area contributed by atoms with Gasteiger partial charge in [-0.3, -0.25) is 10.0 Å². The number of thiophene rings is 1. The second-order valence-corrected chi connectivity index (χ2v) is 7.59. The lowest BCUT2D eigenvalue weighted by atomic mass is 10.1. The van der Waals surface area contributed by atoms with Crippen LogP contribution in [-0.4, -0.2) is 65.5 Å². The lowest BCUT2D eigenvalue weighted by Crippen LogP contribution is -2.58. The van der Waals surface area contributed by atoms with Crippen molar-refractivity contribution in [1.29, 1.82) is 0 Å². The number of nitrogens with one attached hydrogen (secondary N) is 2. The van der Waals surface area contributed by atoms with E-state index >= 15 is 0 Å². The standard InChI is InChI=1S/C19H24N4O4S/c1-13(24)17(18(25)21-27)20-19(26)23-10-8-22(9-11-23)15-6-4-14(5-7-15)16-3-2-12-28-16/h2-7,12-13,17,24,27H,8-11H2,1H3,(H,20,26)(H,21,25)/t13-,17+/m1/s1. The van der Waals surface area contributed by atoms with Gasteiger partial charge in [-0.1, -0.05) is 18.2 Å². The molecule has 1 fully saturated rings. The molecule has 1 aromatic heterocycles. The first-order chi connectivity index (χ1) is 13.5. The maximum atomic E-state index is 12.4. The number of hydroxylamine groups is 1. The summed E-state index contributed by atoms with van der Waals surface area (Å²) in [7, 11) is 0. The van der Waals surface area contributed by atoms with Gasteiger partial charge in [-0.2, -0.15) is 0 Å². The zero-order chi connectivity index (χ0) is 20.1. The maximum Gasteiger partial charge on any atom is 0.318 e. The first kappa shape index (κ1) is 20.1. The van der Waals surface area contributed by atoms with E-state index in [4.69, 9.17) is 5.21 Å². The normalized spacial score (nSPS) is 16.4. The topological polar surface area (TPSA) is 105 Å². The van der Waals surface area contributed by atoms with Crippen molar-refractivity contribution in [2.24, 2.45) is 0 Å². The Balaban J connectivity index is 1.55. The number of piperazine rings is 1. The summed E-state index contributed by atoms with van der Waals surface area (Å²) < 4.78 is 0. The molecule has 1 aliphatic heterocycles. The van der Waals surface area contributed by atoms with Crippen LogP contribution in [0.5, 0.6) is 0 Å². The molecular formula is C19H24N4O4S. The highest BCUT2D eigenvalue weighted by atomic mass is 32.1. The number of nitrogens with zero attached hydrogens (tertiary/aromatic N) is 2. The van der Waals surface area contributed by atoms with E-state index in [2.05, 4.69) is 45.9 Å². The van der Waals surface area contributed by atoms with Gasteiger partial charge >= 0.3 is 6.03 Å². The molecule has 3 amide bonds. The molecule has 8 nitrogen and oxygen atoms in total. The van der Waals surface area contributed by atoms with Crippen LogP contribution in [0.25, 0.3) is 10.4 Å². The molecule has 0 unspecified atom stereocenters. The quantitative estimate of drug-likeness (QED) is 0.447. The zero-order valence-corrected chi connectivity index (χ0v) is 16.4. The molecule has 2 aromatic rings. The fourth-order valence-corrected chi connectivity index (χ4v) is 3.88. The predicted octanol–water partition coefficient (Wildman–Crippen LogP) is 1.50. The molecule has 150 valence electrons. The average Bonchev–Trinajstić information content (AvgIpc) is 3.26. The van der Waals surface area contributed by atoms with Crippen LogP contribution >= 0.6 is 11.3 Å². The van der Waals surface area contributed by atoms with Gasteiger partial charge in [0.1, 0.15) is 6.04 Å². The SMILES string of the molecule is C[C@@H](O)[C@H](NC(=O)N1CCN(c2ccc(-c3cccs3)cc2)CC1)C(=O)NO. The Morgan fingerprint density at radius 2 is 1.79 bits per heavy atom. The van der Waals surface area contributed by atoms with Gasteiger partial charge in [0.2, 0.25) is 0 Å². The van der Waals surface area contributed by atoms with E-state index in [0.29, 0.717) is 26.2 Å². The molecule has 0 bridgehead atoms. The average molecular weight is 404 g/mol. The van der Waals surface area contributed by atoms with Crippen LogP contribution in [0.3, 0.4) is 0 Å². The molecule has 2 atom stereocenters. The number of carbonyl (C=O) groups is 2. The van der Waals surface area contributed by atoms with Crippen LogP contribution in [-0.2, 0) is 4.79 Å². The van der Waals surface area contributed by atoms with Gasteiger partial charge in [-0.15, -0.1) is 11.3 Å². The van der Waals surface area contributed by atoms with Crippen molar-refractivity contribution in [3.05, 3.63) is 41.8 Å². The Morgan fingerprint density at radius 3 is 2.32 bits per heavy atom. The van der Waals surface area contributed by atoms with E-state index in [9.17, 15) is 14.7 Å². The Hall–Kier alpha value is -2.62. The minimum absolute atomic E-state index is 0.442. The third kappa shape index (κ3) is 4.61. The van der Waals surface area contributed by atoms with E-state index in [0.717, 1.165) is 5.69 Å². The highest BCUT2D eigenvalue weighted by Gasteiger charge is 2.29. The maximum absolute atomic E-state index is 12.4. The summed E-state index contributed by atoms with van der Waals surface area (Å²) in [5.41, 5.74) is 3.74. The number of aliphatic hydroxyl groups is 1. The number of benzene rings is 1. The molecule has 3 rings (SSSR count). The third-order valence-electron chi connectivity index (χ3n) is 4.76. The number of hydrogen-bond donors (Lipinski definition) is 4. The Morgan fingerprint density at radius 1 is 1.11 bits per heavy atom. The summed E-state index contributed by atoms with van der Waals surface area (Å²) in [6, 6.07) is 10.8. The summed E-state index contributed by atoms with van der Waals surface area (Å²) in [5, 5.41) is 22.9. The molecule has 4 N–H and O–H groups in total. The molecule has 1 aromatic carbocycles. The number of carbonyl (C=O) groups excluding carboxylic acids is 2. The second kappa shape index (κ2) is 9.05. The predicted molar refractivity (Wildman–Crippen MR) is 107 cm³/mol. The van der Waals surface area contributed by atoms with Crippen molar-refractivity contribution < 1.29 is 19.9 Å². The molecule has 2 heterocycles. The summed E-state index contributed by atoms with van der Waals surface area (Å²) in [5.74, 6) is -0.854. The van der Waals surface area contributed by atoms with Crippen molar-refractivity contribution in [2.75, 3.05) is 31.1 Å². The van der Waals surface area contributed by atoms with E-state index < -0.39 is 24.1 Å². The Kier molecular flexibility index (Phi) is 6.50. The van der Waals surface area contributed by atoms with Gasteiger partial charge in [0, 0.05) is 36.7 Å². The number of rotatable bonds is 5. The van der Waals surface area contributed by atoms with E-state index in [1.165, 1.54) is 22.8 Å². The molecule has 0 saturated carbocycles. The zero-order valence-electron chi connectivity index (χ0n) is 15.5. The molecule has 1 aliphatic rings. The second-order valence-electron chi connectivity index (χ2n) is 6.64. The Bertz CT molecular complexity index is 787. The number of aliphatic hydroxyl groups excluding tert-OH is 1. The smallest absolute Gasteiger partial charge is 0.318 e. The van der Waals surface area contributed by atoms with Gasteiger partial charge in [0.25, 0.3) is 5.91 Å². The number of urea groups is 1. The molecular weight excluding hydrogens is 380 g/mol. The lowest BCUT2D eigenvalue weighted by Gasteiger charge is -2.36. The van der Waals surface area contributed by atoms with Crippen molar-refractivity contribution >= 4 is 29.0 Å². The van der Waals surface area contributed by atoms with Crippen LogP contribution in [0.4, 0.5) is 10.5 Å². The van der Waals surface area contributed by atoms with Gasteiger partial charge < -0.3 is 20.2 Å². The largest absolute Gasteiger partial charge is 0.391 e. The number of anilines is 1. The first-order valence-electron chi connectivity index (χ1n) is 9.06. The van der Waals surface area contributed by atoms with Gasteiger partial charge in [0.05, 0.1) is 6.10 Å². The highest BCUT2D eigenvalue weighted by molar-refractivity contribution is 7.13. The summed E-state index contributed by atoms with van der Waals surface area (Å²) in [6.45, 7) is 3.68. The van der Waals surface area contributed by atoms with Crippen LogP contribution in [0.15, 0.2) is 41.8 Å². The Labute approximate surface area is 167 Å². The minimum atomic E-state index is -1.21. The van der Waals surface area contributed by atoms with Crippen molar-refractivity contribution in [2.45, 2.75) is 19.1 Å². The third-order valence-corrected chi connectivity index (χ3v) is 5.68. The number of amides is 3. The van der Waals surface area contributed by atoms with Crippen molar-refractivity contribution in [1.82, 2.24) is 15.7 Å². The fourth-order valence-electron chi connectivity index (χ4n) is 3.15. The van der Waals surface area contributed by atoms with Gasteiger partial charge in [0.15, 0.2) is 0 Å². The van der Waals surface area contributed by atoms with Crippen LogP contribution < -0.4 is 15.7 Å². The van der Waals surface area contributed by atoms with Crippen LogP contribution in [0.1, 0.15) is 6.92 Å². The van der Waals surface area contributed by atoms with E-state index in [1.807, 2.05) is 6.07 Å². The van der Waals surface area contributed by atoms with E-state index in [-0.39, 0.29) is 0 Å².